The first-order chi connectivity index (χ1) is 6.61. The van der Waals surface area contributed by atoms with Crippen LogP contribution in [0.5, 0.6) is 0 Å². The fourth-order valence-electron chi connectivity index (χ4n) is 1.20. The van der Waals surface area contributed by atoms with Crippen molar-refractivity contribution in [3.8, 4) is 0 Å². The minimum Gasteiger partial charge on any atom is -0.339 e. The molecule has 4 heteroatoms. The first-order valence-electron chi connectivity index (χ1n) is 4.53. The summed E-state index contributed by atoms with van der Waals surface area (Å²) < 4.78 is 0. The minimum absolute atomic E-state index is 0.0207. The molecule has 0 fully saturated rings. The van der Waals surface area contributed by atoms with Crippen LogP contribution >= 0.6 is 0 Å². The van der Waals surface area contributed by atoms with Crippen LogP contribution in [0.1, 0.15) is 17.4 Å². The molecule has 0 spiro atoms. The first-order valence-corrected chi connectivity index (χ1v) is 4.53. The Morgan fingerprint density at radius 2 is 2.36 bits per heavy atom. The molecule has 0 bridgehead atoms. The lowest BCUT2D eigenvalue weighted by Crippen LogP contribution is -2.37. The first kappa shape index (κ1) is 10.7. The van der Waals surface area contributed by atoms with Gasteiger partial charge in [0.2, 0.25) is 0 Å². The number of nitrogens with zero attached hydrogens (tertiary/aromatic N) is 2. The van der Waals surface area contributed by atoms with Crippen molar-refractivity contribution in [3.63, 3.8) is 0 Å². The summed E-state index contributed by atoms with van der Waals surface area (Å²) in [6.07, 6.45) is 1.60. The zero-order chi connectivity index (χ0) is 10.6. The molecule has 1 unspecified atom stereocenters. The van der Waals surface area contributed by atoms with Crippen molar-refractivity contribution >= 4 is 5.91 Å². The Balaban J connectivity index is 2.66. The molecule has 0 saturated heterocycles. The average molecular weight is 193 g/mol. The number of hydrogen-bond acceptors (Lipinski definition) is 3. The third kappa shape index (κ3) is 2.81. The second kappa shape index (κ2) is 4.72. The highest BCUT2D eigenvalue weighted by atomic mass is 16.2. The van der Waals surface area contributed by atoms with Crippen LogP contribution in [0.3, 0.4) is 0 Å². The molecule has 14 heavy (non-hydrogen) atoms. The zero-order valence-corrected chi connectivity index (χ0v) is 8.47. The van der Waals surface area contributed by atoms with Gasteiger partial charge in [-0.05, 0) is 19.1 Å². The molecule has 0 aliphatic carbocycles. The maximum Gasteiger partial charge on any atom is 0.272 e. The molecular weight excluding hydrogens is 178 g/mol. The van der Waals surface area contributed by atoms with Gasteiger partial charge in [0.05, 0.1) is 0 Å². The van der Waals surface area contributed by atoms with E-state index in [0.717, 1.165) is 0 Å². The summed E-state index contributed by atoms with van der Waals surface area (Å²) in [5.74, 6) is -0.0945. The second-order valence-electron chi connectivity index (χ2n) is 3.38. The van der Waals surface area contributed by atoms with E-state index in [4.69, 9.17) is 5.73 Å². The second-order valence-corrected chi connectivity index (χ2v) is 3.38. The van der Waals surface area contributed by atoms with E-state index in [1.165, 1.54) is 0 Å². The maximum atomic E-state index is 11.7. The smallest absolute Gasteiger partial charge is 0.272 e. The molecule has 0 aromatic carbocycles. The van der Waals surface area contributed by atoms with E-state index in [1.54, 1.807) is 36.3 Å². The lowest BCUT2D eigenvalue weighted by molar-refractivity contribution is 0.0783. The summed E-state index contributed by atoms with van der Waals surface area (Å²) in [5.41, 5.74) is 6.05. The van der Waals surface area contributed by atoms with Crippen molar-refractivity contribution < 1.29 is 4.79 Å². The number of carbonyl (C=O) groups excluding carboxylic acids is 1. The lowest BCUT2D eigenvalue weighted by Gasteiger charge is -2.18. The summed E-state index contributed by atoms with van der Waals surface area (Å²) in [6, 6.07) is 5.25. The molecule has 1 amide bonds. The molecule has 76 valence electrons. The van der Waals surface area contributed by atoms with Gasteiger partial charge < -0.3 is 10.6 Å². The quantitative estimate of drug-likeness (QED) is 0.760. The fourth-order valence-corrected chi connectivity index (χ4v) is 1.20. The molecule has 1 aromatic heterocycles. The maximum absolute atomic E-state index is 11.7. The van der Waals surface area contributed by atoms with E-state index in [1.807, 2.05) is 6.92 Å². The highest BCUT2D eigenvalue weighted by molar-refractivity contribution is 5.92. The van der Waals surface area contributed by atoms with Crippen molar-refractivity contribution in [1.29, 1.82) is 0 Å². The third-order valence-electron chi connectivity index (χ3n) is 1.79. The number of aromatic nitrogens is 1. The van der Waals surface area contributed by atoms with Gasteiger partial charge in [0.15, 0.2) is 0 Å². The van der Waals surface area contributed by atoms with Gasteiger partial charge in [0.1, 0.15) is 5.69 Å². The van der Waals surface area contributed by atoms with E-state index >= 15 is 0 Å². The molecule has 4 nitrogen and oxygen atoms in total. The summed E-state index contributed by atoms with van der Waals surface area (Å²) in [4.78, 5) is 17.2. The van der Waals surface area contributed by atoms with Gasteiger partial charge in [0.25, 0.3) is 5.91 Å². The molecule has 0 aliphatic heterocycles. The Kier molecular flexibility index (Phi) is 3.59. The van der Waals surface area contributed by atoms with Crippen LogP contribution in [-0.4, -0.2) is 35.4 Å². The van der Waals surface area contributed by atoms with Crippen LogP contribution < -0.4 is 5.73 Å². The SMILES string of the molecule is CC(N)CN(C)C(=O)c1ccccn1. The van der Waals surface area contributed by atoms with Gasteiger partial charge in [0, 0.05) is 25.8 Å². The standard InChI is InChI=1S/C10H15N3O/c1-8(11)7-13(2)10(14)9-5-3-4-6-12-9/h3-6,8H,7,11H2,1-2H3. The fraction of sp³-hybridized carbons (Fsp3) is 0.400. The normalized spacial score (nSPS) is 12.2. The Bertz CT molecular complexity index is 297. The Hall–Kier alpha value is -1.42. The number of rotatable bonds is 3. The Labute approximate surface area is 83.7 Å². The lowest BCUT2D eigenvalue weighted by atomic mass is 10.3. The highest BCUT2D eigenvalue weighted by Gasteiger charge is 2.12. The number of likely N-dealkylation sites (N-methyl/N-ethyl adjacent to an activating group) is 1. The van der Waals surface area contributed by atoms with E-state index in [0.29, 0.717) is 12.2 Å². The molecule has 1 atom stereocenters. The van der Waals surface area contributed by atoms with E-state index in [9.17, 15) is 4.79 Å². The summed E-state index contributed by atoms with van der Waals surface area (Å²) in [7, 11) is 1.72. The number of carbonyl (C=O) groups is 1. The molecule has 1 rings (SSSR count). The van der Waals surface area contributed by atoms with Crippen LogP contribution in [0.4, 0.5) is 0 Å². The van der Waals surface area contributed by atoms with Gasteiger partial charge in [-0.3, -0.25) is 9.78 Å². The third-order valence-corrected chi connectivity index (χ3v) is 1.79. The molecule has 1 aromatic rings. The summed E-state index contributed by atoms with van der Waals surface area (Å²) >= 11 is 0. The molecule has 0 saturated carbocycles. The van der Waals surface area contributed by atoms with Crippen molar-refractivity contribution in [3.05, 3.63) is 30.1 Å². The van der Waals surface area contributed by atoms with Crippen molar-refractivity contribution in [2.75, 3.05) is 13.6 Å². The van der Waals surface area contributed by atoms with Gasteiger partial charge in [-0.15, -0.1) is 0 Å². The predicted molar refractivity (Wildman–Crippen MR) is 54.8 cm³/mol. The van der Waals surface area contributed by atoms with Crippen molar-refractivity contribution in [1.82, 2.24) is 9.88 Å². The molecule has 0 aliphatic rings. The minimum atomic E-state index is -0.0945. The number of pyridine rings is 1. The van der Waals surface area contributed by atoms with Crippen LogP contribution in [0.25, 0.3) is 0 Å². The van der Waals surface area contributed by atoms with Crippen molar-refractivity contribution in [2.24, 2.45) is 5.73 Å². The molecule has 0 radical (unpaired) electrons. The van der Waals surface area contributed by atoms with Crippen LogP contribution in [-0.2, 0) is 0 Å². The molecule has 2 N–H and O–H groups in total. The highest BCUT2D eigenvalue weighted by Crippen LogP contribution is 1.99. The van der Waals surface area contributed by atoms with E-state index in [2.05, 4.69) is 4.98 Å². The van der Waals surface area contributed by atoms with Gasteiger partial charge >= 0.3 is 0 Å². The summed E-state index contributed by atoms with van der Waals surface area (Å²) in [5, 5.41) is 0. The van der Waals surface area contributed by atoms with Crippen LogP contribution in [0.2, 0.25) is 0 Å². The Morgan fingerprint density at radius 3 is 2.86 bits per heavy atom. The number of nitrogens with two attached hydrogens (primary N) is 1. The zero-order valence-electron chi connectivity index (χ0n) is 8.47. The topological polar surface area (TPSA) is 59.2 Å². The molecule has 1 heterocycles. The van der Waals surface area contributed by atoms with E-state index in [-0.39, 0.29) is 11.9 Å². The predicted octanol–water partition coefficient (Wildman–Crippen LogP) is 0.501. The monoisotopic (exact) mass is 193 g/mol. The molecular formula is C10H15N3O. The average Bonchev–Trinajstić information content (AvgIpc) is 2.17. The van der Waals surface area contributed by atoms with Gasteiger partial charge in [-0.1, -0.05) is 6.07 Å². The summed E-state index contributed by atoms with van der Waals surface area (Å²) in [6.45, 7) is 2.40. The largest absolute Gasteiger partial charge is 0.339 e. The van der Waals surface area contributed by atoms with Crippen LogP contribution in [0, 0.1) is 0 Å². The number of hydrogen-bond donors (Lipinski definition) is 1. The van der Waals surface area contributed by atoms with E-state index < -0.39 is 0 Å². The van der Waals surface area contributed by atoms with Crippen molar-refractivity contribution in [2.45, 2.75) is 13.0 Å². The van der Waals surface area contributed by atoms with Gasteiger partial charge in [-0.25, -0.2) is 0 Å². The number of amides is 1. The van der Waals surface area contributed by atoms with Crippen LogP contribution in [0.15, 0.2) is 24.4 Å². The van der Waals surface area contributed by atoms with Gasteiger partial charge in [-0.2, -0.15) is 0 Å². The Morgan fingerprint density at radius 1 is 1.64 bits per heavy atom.